The van der Waals surface area contributed by atoms with Crippen molar-refractivity contribution in [2.75, 3.05) is 67.9 Å². The Hall–Kier alpha value is -2.37. The second kappa shape index (κ2) is 10.3. The number of amides is 1. The highest BCUT2D eigenvalue weighted by atomic mass is 32.2. The lowest BCUT2D eigenvalue weighted by Crippen LogP contribution is -2.52. The zero-order valence-corrected chi connectivity index (χ0v) is 20.7. The normalized spacial score (nSPS) is 16.8. The van der Waals surface area contributed by atoms with E-state index in [1.54, 1.807) is 42.4 Å². The van der Waals surface area contributed by atoms with Gasteiger partial charge in [0, 0.05) is 68.9 Å². The molecule has 1 saturated heterocycles. The molecule has 1 fully saturated rings. The Labute approximate surface area is 199 Å². The number of hydrogen-bond acceptors (Lipinski definition) is 8. The number of thioether (sulfide) groups is 1. The van der Waals surface area contributed by atoms with E-state index in [0.717, 1.165) is 16.3 Å². The van der Waals surface area contributed by atoms with Gasteiger partial charge in [-0.15, -0.1) is 11.8 Å². The van der Waals surface area contributed by atoms with Gasteiger partial charge in [0.15, 0.2) is 0 Å². The minimum atomic E-state index is -3.55. The number of nitrogens with zero attached hydrogens (tertiary/aromatic N) is 6. The molecule has 3 heterocycles. The Bertz CT molecular complexity index is 1070. The fourth-order valence-electron chi connectivity index (χ4n) is 4.16. The molecule has 33 heavy (non-hydrogen) atoms. The van der Waals surface area contributed by atoms with Gasteiger partial charge in [-0.05, 0) is 24.3 Å². The fourth-order valence-corrected chi connectivity index (χ4v) is 6.67. The molecule has 1 aromatic heterocycles. The van der Waals surface area contributed by atoms with Gasteiger partial charge in [-0.1, -0.05) is 13.8 Å². The molecule has 1 aromatic carbocycles. The van der Waals surface area contributed by atoms with E-state index in [-0.39, 0.29) is 17.3 Å². The van der Waals surface area contributed by atoms with E-state index < -0.39 is 10.0 Å². The van der Waals surface area contributed by atoms with Gasteiger partial charge in [0.2, 0.25) is 21.9 Å². The van der Waals surface area contributed by atoms with Crippen molar-refractivity contribution in [3.63, 3.8) is 0 Å². The van der Waals surface area contributed by atoms with E-state index in [1.165, 1.54) is 4.31 Å². The van der Waals surface area contributed by atoms with Crippen LogP contribution in [-0.2, 0) is 14.8 Å². The summed E-state index contributed by atoms with van der Waals surface area (Å²) in [6.07, 6.45) is 3.45. The molecule has 0 radical (unpaired) electrons. The molecule has 1 amide bonds. The van der Waals surface area contributed by atoms with Gasteiger partial charge in [0.1, 0.15) is 0 Å². The highest BCUT2D eigenvalue weighted by Crippen LogP contribution is 2.37. The van der Waals surface area contributed by atoms with Crippen LogP contribution in [0.3, 0.4) is 0 Å². The van der Waals surface area contributed by atoms with Crippen LogP contribution in [0.4, 0.5) is 11.6 Å². The molecule has 4 rings (SSSR count). The summed E-state index contributed by atoms with van der Waals surface area (Å²) in [7, 11) is -3.55. The lowest BCUT2D eigenvalue weighted by Gasteiger charge is -2.37. The molecule has 0 unspecified atom stereocenters. The maximum Gasteiger partial charge on any atom is 0.243 e. The predicted molar refractivity (Wildman–Crippen MR) is 130 cm³/mol. The van der Waals surface area contributed by atoms with Crippen LogP contribution in [-0.4, -0.2) is 91.6 Å². The first-order chi connectivity index (χ1) is 15.9. The van der Waals surface area contributed by atoms with Gasteiger partial charge >= 0.3 is 0 Å². The molecule has 0 N–H and O–H groups in total. The Kier molecular flexibility index (Phi) is 7.40. The summed E-state index contributed by atoms with van der Waals surface area (Å²) in [6.45, 7) is 8.07. The Morgan fingerprint density at radius 2 is 1.76 bits per heavy atom. The van der Waals surface area contributed by atoms with Crippen LogP contribution < -0.4 is 9.80 Å². The second-order valence-electron chi connectivity index (χ2n) is 7.91. The molecule has 0 saturated carbocycles. The van der Waals surface area contributed by atoms with Crippen LogP contribution >= 0.6 is 11.8 Å². The van der Waals surface area contributed by atoms with Gasteiger partial charge in [-0.25, -0.2) is 18.4 Å². The number of piperazine rings is 1. The van der Waals surface area contributed by atoms with Crippen molar-refractivity contribution in [1.29, 1.82) is 0 Å². The quantitative estimate of drug-likeness (QED) is 0.580. The number of rotatable bonds is 7. The molecular weight excluding hydrogens is 460 g/mol. The highest BCUT2D eigenvalue weighted by molar-refractivity contribution is 7.99. The third-order valence-corrected chi connectivity index (χ3v) is 9.12. The largest absolute Gasteiger partial charge is 0.360 e. The maximum absolute atomic E-state index is 13.1. The van der Waals surface area contributed by atoms with Gasteiger partial charge < -0.3 is 14.7 Å². The SMILES string of the molecule is CCN(CC)S(=O)(=O)c1ccc2c(c1)N(CC(=O)N1CCN(c3ncccn3)CC1)CCS2. The first-order valence-electron chi connectivity index (χ1n) is 11.3. The monoisotopic (exact) mass is 490 g/mol. The van der Waals surface area contributed by atoms with Gasteiger partial charge in [-0.2, -0.15) is 4.31 Å². The first-order valence-corrected chi connectivity index (χ1v) is 13.7. The van der Waals surface area contributed by atoms with E-state index in [1.807, 2.05) is 29.7 Å². The Balaban J connectivity index is 1.45. The number of hydrogen-bond donors (Lipinski definition) is 0. The molecule has 2 aliphatic heterocycles. The summed E-state index contributed by atoms with van der Waals surface area (Å²) in [4.78, 5) is 29.0. The molecular formula is C22H30N6O3S2. The smallest absolute Gasteiger partial charge is 0.243 e. The summed E-state index contributed by atoms with van der Waals surface area (Å²) < 4.78 is 27.5. The minimum Gasteiger partial charge on any atom is -0.360 e. The molecule has 178 valence electrons. The molecule has 0 spiro atoms. The summed E-state index contributed by atoms with van der Waals surface area (Å²) in [6, 6.07) is 7.06. The van der Waals surface area contributed by atoms with Crippen molar-refractivity contribution < 1.29 is 13.2 Å². The zero-order chi connectivity index (χ0) is 23.4. The van der Waals surface area contributed by atoms with E-state index in [2.05, 4.69) is 14.9 Å². The molecule has 2 aliphatic rings. The Morgan fingerprint density at radius 1 is 1.06 bits per heavy atom. The first kappa shape index (κ1) is 23.8. The van der Waals surface area contributed by atoms with Crippen LogP contribution in [0.1, 0.15) is 13.8 Å². The molecule has 0 bridgehead atoms. The van der Waals surface area contributed by atoms with Crippen LogP contribution in [0.15, 0.2) is 46.5 Å². The molecule has 9 nitrogen and oxygen atoms in total. The number of carbonyl (C=O) groups is 1. The number of aromatic nitrogens is 2. The molecule has 2 aromatic rings. The van der Waals surface area contributed by atoms with Crippen molar-refractivity contribution >= 4 is 39.3 Å². The number of anilines is 2. The lowest BCUT2D eigenvalue weighted by molar-refractivity contribution is -0.130. The number of carbonyl (C=O) groups excluding carboxylic acids is 1. The molecule has 11 heteroatoms. The summed E-state index contributed by atoms with van der Waals surface area (Å²) in [5.41, 5.74) is 0.823. The molecule has 0 aliphatic carbocycles. The maximum atomic E-state index is 13.1. The lowest BCUT2D eigenvalue weighted by atomic mass is 10.2. The summed E-state index contributed by atoms with van der Waals surface area (Å²) >= 11 is 1.70. The van der Waals surface area contributed by atoms with Crippen molar-refractivity contribution in [2.24, 2.45) is 0 Å². The summed E-state index contributed by atoms with van der Waals surface area (Å²) in [5.74, 6) is 1.61. The van der Waals surface area contributed by atoms with Gasteiger partial charge in [0.05, 0.1) is 17.1 Å². The summed E-state index contributed by atoms with van der Waals surface area (Å²) in [5, 5.41) is 0. The number of benzene rings is 1. The average molecular weight is 491 g/mol. The molecule has 0 atom stereocenters. The van der Waals surface area contributed by atoms with Crippen molar-refractivity contribution in [2.45, 2.75) is 23.6 Å². The third kappa shape index (κ3) is 5.10. The van der Waals surface area contributed by atoms with E-state index in [9.17, 15) is 13.2 Å². The zero-order valence-electron chi connectivity index (χ0n) is 19.1. The van der Waals surface area contributed by atoms with Crippen LogP contribution in [0.2, 0.25) is 0 Å². The van der Waals surface area contributed by atoms with E-state index >= 15 is 0 Å². The number of fused-ring (bicyclic) bond motifs is 1. The highest BCUT2D eigenvalue weighted by Gasteiger charge is 2.28. The van der Waals surface area contributed by atoms with Crippen molar-refractivity contribution in [3.05, 3.63) is 36.7 Å². The van der Waals surface area contributed by atoms with Crippen molar-refractivity contribution in [3.8, 4) is 0 Å². The van der Waals surface area contributed by atoms with Crippen molar-refractivity contribution in [1.82, 2.24) is 19.2 Å². The van der Waals surface area contributed by atoms with Crippen LogP contribution in [0, 0.1) is 0 Å². The second-order valence-corrected chi connectivity index (χ2v) is 11.0. The van der Waals surface area contributed by atoms with Crippen LogP contribution in [0.5, 0.6) is 0 Å². The fraction of sp³-hybridized carbons (Fsp3) is 0.500. The number of sulfonamides is 1. The predicted octanol–water partition coefficient (Wildman–Crippen LogP) is 1.77. The van der Waals surface area contributed by atoms with Gasteiger partial charge in [0.25, 0.3) is 0 Å². The van der Waals surface area contributed by atoms with Crippen LogP contribution in [0.25, 0.3) is 0 Å². The van der Waals surface area contributed by atoms with E-state index in [4.69, 9.17) is 0 Å². The topological polar surface area (TPSA) is 90.0 Å². The standard InChI is InChI=1S/C22H30N6O3S2/c1-3-28(4-2)33(30,31)18-6-7-20-19(16-18)27(14-15-32-20)17-21(29)25-10-12-26(13-11-25)22-23-8-5-9-24-22/h5-9,16H,3-4,10-15,17H2,1-2H3. The third-order valence-electron chi connectivity index (χ3n) is 6.03. The minimum absolute atomic E-state index is 0.0542. The van der Waals surface area contributed by atoms with Gasteiger partial charge in [-0.3, -0.25) is 4.79 Å². The Morgan fingerprint density at radius 3 is 2.42 bits per heavy atom. The van der Waals surface area contributed by atoms with E-state index in [0.29, 0.717) is 51.8 Å². The average Bonchev–Trinajstić information content (AvgIpc) is 2.85.